The summed E-state index contributed by atoms with van der Waals surface area (Å²) in [4.78, 5) is 2.21. The Hall–Kier alpha value is -0.930. The lowest BCUT2D eigenvalue weighted by molar-refractivity contribution is 0.456. The van der Waals surface area contributed by atoms with E-state index in [0.29, 0.717) is 11.7 Å². The molecule has 0 radical (unpaired) electrons. The maximum absolute atomic E-state index is 10.1. The maximum Gasteiger partial charge on any atom is 0.122 e. The molecule has 4 heteroatoms. The zero-order valence-corrected chi connectivity index (χ0v) is 11.9. The number of aromatic hydroxyl groups is 1. The van der Waals surface area contributed by atoms with Crippen molar-refractivity contribution >= 4 is 18.1 Å². The van der Waals surface area contributed by atoms with Gasteiger partial charge in [0.15, 0.2) is 0 Å². The van der Waals surface area contributed by atoms with Gasteiger partial charge in [0.2, 0.25) is 0 Å². The van der Waals surface area contributed by atoms with Crippen LogP contribution in [0.4, 0.5) is 5.69 Å². The van der Waals surface area contributed by atoms with Crippen LogP contribution >= 0.6 is 12.4 Å². The zero-order chi connectivity index (χ0) is 12.4. The summed E-state index contributed by atoms with van der Waals surface area (Å²) in [7, 11) is 0. The van der Waals surface area contributed by atoms with Gasteiger partial charge in [-0.25, -0.2) is 0 Å². The van der Waals surface area contributed by atoms with Crippen molar-refractivity contribution in [1.29, 1.82) is 0 Å². The summed E-state index contributed by atoms with van der Waals surface area (Å²) < 4.78 is 0. The maximum atomic E-state index is 10.1. The van der Waals surface area contributed by atoms with E-state index in [0.717, 1.165) is 24.3 Å². The average molecular weight is 271 g/mol. The Balaban J connectivity index is 0.00000162. The number of nitrogens with zero attached hydrogens (tertiary/aromatic N) is 1. The molecule has 0 bridgehead atoms. The molecule has 3 N–H and O–H groups in total. The van der Waals surface area contributed by atoms with Crippen molar-refractivity contribution in [3.63, 3.8) is 0 Å². The lowest BCUT2D eigenvalue weighted by Crippen LogP contribution is -2.22. The topological polar surface area (TPSA) is 49.5 Å². The molecule has 1 aliphatic carbocycles. The Bertz CT molecular complexity index is 389. The number of phenols is 1. The summed E-state index contributed by atoms with van der Waals surface area (Å²) >= 11 is 0. The zero-order valence-electron chi connectivity index (χ0n) is 11.1. The molecule has 0 aromatic heterocycles. The molecule has 0 aliphatic heterocycles. The molecule has 102 valence electrons. The van der Waals surface area contributed by atoms with Crippen LogP contribution in [0.25, 0.3) is 0 Å². The molecule has 2 rings (SSSR count). The van der Waals surface area contributed by atoms with Crippen LogP contribution < -0.4 is 10.6 Å². The quantitative estimate of drug-likeness (QED) is 0.865. The second-order valence-corrected chi connectivity index (χ2v) is 4.78. The number of anilines is 1. The summed E-state index contributed by atoms with van der Waals surface area (Å²) in [5, 5.41) is 10.1. The molecule has 0 spiro atoms. The third-order valence-corrected chi connectivity index (χ3v) is 3.63. The Morgan fingerprint density at radius 3 is 2.39 bits per heavy atom. The van der Waals surface area contributed by atoms with Crippen molar-refractivity contribution in [1.82, 2.24) is 0 Å². The van der Waals surface area contributed by atoms with E-state index >= 15 is 0 Å². The predicted molar refractivity (Wildman–Crippen MR) is 78.6 cm³/mol. The molecule has 18 heavy (non-hydrogen) atoms. The van der Waals surface area contributed by atoms with Crippen molar-refractivity contribution in [2.24, 2.45) is 11.7 Å². The molecule has 1 saturated carbocycles. The van der Waals surface area contributed by atoms with Gasteiger partial charge < -0.3 is 15.7 Å². The highest BCUT2D eigenvalue weighted by molar-refractivity contribution is 5.85. The summed E-state index contributed by atoms with van der Waals surface area (Å²) in [5.41, 5.74) is 8.08. The fourth-order valence-corrected chi connectivity index (χ4v) is 2.31. The molecule has 0 amide bonds. The number of benzene rings is 1. The first-order valence-electron chi connectivity index (χ1n) is 6.50. The third-order valence-electron chi connectivity index (χ3n) is 3.63. The minimum Gasteiger partial charge on any atom is -0.508 e. The summed E-state index contributed by atoms with van der Waals surface area (Å²) in [6.07, 6.45) is 2.39. The van der Waals surface area contributed by atoms with Crippen LogP contribution in [0.3, 0.4) is 0 Å². The molecule has 0 saturated heterocycles. The molecule has 3 nitrogen and oxygen atoms in total. The van der Waals surface area contributed by atoms with Crippen LogP contribution in [0, 0.1) is 5.92 Å². The van der Waals surface area contributed by atoms with Crippen LogP contribution in [-0.4, -0.2) is 18.2 Å². The highest BCUT2D eigenvalue weighted by Crippen LogP contribution is 2.42. The SMILES string of the molecule is CCN(CC)c1ccc([C@@H](N)C2CC2)c(O)c1.Cl. The highest BCUT2D eigenvalue weighted by atomic mass is 35.5. The van der Waals surface area contributed by atoms with E-state index in [1.807, 2.05) is 12.1 Å². The van der Waals surface area contributed by atoms with E-state index < -0.39 is 0 Å². The Kier molecular flexibility index (Phi) is 5.29. The fraction of sp³-hybridized carbons (Fsp3) is 0.571. The van der Waals surface area contributed by atoms with Crippen molar-refractivity contribution in [2.45, 2.75) is 32.7 Å². The second-order valence-electron chi connectivity index (χ2n) is 4.78. The van der Waals surface area contributed by atoms with E-state index in [1.165, 1.54) is 12.8 Å². The number of rotatable bonds is 5. The van der Waals surface area contributed by atoms with Crippen LogP contribution in [0.15, 0.2) is 18.2 Å². The summed E-state index contributed by atoms with van der Waals surface area (Å²) in [5.74, 6) is 0.911. The van der Waals surface area contributed by atoms with Crippen molar-refractivity contribution in [2.75, 3.05) is 18.0 Å². The summed E-state index contributed by atoms with van der Waals surface area (Å²) in [6, 6.07) is 5.88. The number of hydrogen-bond donors (Lipinski definition) is 2. The van der Waals surface area contributed by atoms with Crippen molar-refractivity contribution < 1.29 is 5.11 Å². The molecule has 1 aromatic carbocycles. The van der Waals surface area contributed by atoms with Gasteiger partial charge >= 0.3 is 0 Å². The largest absolute Gasteiger partial charge is 0.508 e. The first-order valence-corrected chi connectivity index (χ1v) is 6.50. The minimum atomic E-state index is 0. The fourth-order valence-electron chi connectivity index (χ4n) is 2.31. The monoisotopic (exact) mass is 270 g/mol. The molecular weight excluding hydrogens is 248 g/mol. The van der Waals surface area contributed by atoms with E-state index in [4.69, 9.17) is 5.73 Å². The number of hydrogen-bond acceptors (Lipinski definition) is 3. The molecule has 1 aromatic rings. The molecule has 1 atom stereocenters. The first-order chi connectivity index (χ1) is 8.17. The van der Waals surface area contributed by atoms with Gasteiger partial charge in [0.1, 0.15) is 5.75 Å². The lowest BCUT2D eigenvalue weighted by Gasteiger charge is -2.22. The molecule has 0 heterocycles. The normalized spacial score (nSPS) is 15.9. The molecule has 1 aliphatic rings. The standard InChI is InChI=1S/C14H22N2O.ClH/c1-3-16(4-2)11-7-8-12(13(17)9-11)14(15)10-5-6-10;/h7-10,14,17H,3-6,15H2,1-2H3;1H/t14-;/m0./s1. The van der Waals surface area contributed by atoms with Gasteiger partial charge in [0.05, 0.1) is 0 Å². The van der Waals surface area contributed by atoms with Gasteiger partial charge in [0, 0.05) is 36.4 Å². The number of nitrogens with two attached hydrogens (primary N) is 1. The first kappa shape index (κ1) is 15.1. The van der Waals surface area contributed by atoms with Crippen LogP contribution in [0.5, 0.6) is 5.75 Å². The van der Waals surface area contributed by atoms with Crippen LogP contribution in [-0.2, 0) is 0 Å². The Labute approximate surface area is 115 Å². The number of phenolic OH excluding ortho intramolecular Hbond substituents is 1. The van der Waals surface area contributed by atoms with Gasteiger partial charge in [0.25, 0.3) is 0 Å². The highest BCUT2D eigenvalue weighted by Gasteiger charge is 2.31. The summed E-state index contributed by atoms with van der Waals surface area (Å²) in [6.45, 7) is 6.13. The van der Waals surface area contributed by atoms with Gasteiger partial charge in [-0.15, -0.1) is 12.4 Å². The smallest absolute Gasteiger partial charge is 0.122 e. The van der Waals surface area contributed by atoms with E-state index in [-0.39, 0.29) is 18.4 Å². The third kappa shape index (κ3) is 3.09. The van der Waals surface area contributed by atoms with Crippen molar-refractivity contribution in [3.05, 3.63) is 23.8 Å². The number of halogens is 1. The minimum absolute atomic E-state index is 0. The van der Waals surface area contributed by atoms with E-state index in [1.54, 1.807) is 0 Å². The predicted octanol–water partition coefficient (Wildman–Crippen LogP) is 3.07. The van der Waals surface area contributed by atoms with E-state index in [9.17, 15) is 5.11 Å². The van der Waals surface area contributed by atoms with Gasteiger partial charge in [-0.1, -0.05) is 6.07 Å². The average Bonchev–Trinajstić information content (AvgIpc) is 3.14. The van der Waals surface area contributed by atoms with Gasteiger partial charge in [-0.2, -0.15) is 0 Å². The molecule has 1 fully saturated rings. The second kappa shape index (κ2) is 6.30. The van der Waals surface area contributed by atoms with Gasteiger partial charge in [-0.3, -0.25) is 0 Å². The Morgan fingerprint density at radius 1 is 1.33 bits per heavy atom. The van der Waals surface area contributed by atoms with Crippen LogP contribution in [0.1, 0.15) is 38.3 Å². The van der Waals surface area contributed by atoms with Crippen molar-refractivity contribution in [3.8, 4) is 5.75 Å². The molecular formula is C14H23ClN2O. The lowest BCUT2D eigenvalue weighted by atomic mass is 10.0. The Morgan fingerprint density at radius 2 is 1.94 bits per heavy atom. The molecule has 0 unspecified atom stereocenters. The van der Waals surface area contributed by atoms with E-state index in [2.05, 4.69) is 24.8 Å². The van der Waals surface area contributed by atoms with Crippen LogP contribution in [0.2, 0.25) is 0 Å². The van der Waals surface area contributed by atoms with Gasteiger partial charge in [-0.05, 0) is 38.7 Å².